The number of hydrogen-bond donors (Lipinski definition) is 5. The van der Waals surface area contributed by atoms with Crippen molar-refractivity contribution < 1.29 is 29.4 Å². The maximum Gasteiger partial charge on any atom is 0.402 e. The first-order chi connectivity index (χ1) is 9.30. The van der Waals surface area contributed by atoms with E-state index < -0.39 is 29.4 Å². The van der Waals surface area contributed by atoms with Gasteiger partial charge in [0, 0.05) is 6.61 Å². The fraction of sp³-hybridized carbons (Fsp3) is 0.636. The largest absolute Gasteiger partial charge is 0.465 e. The van der Waals surface area contributed by atoms with Crippen molar-refractivity contribution in [3.63, 3.8) is 0 Å². The van der Waals surface area contributed by atoms with E-state index in [2.05, 4.69) is 16.4 Å². The maximum absolute atomic E-state index is 11.7. The fourth-order valence-corrected chi connectivity index (χ4v) is 1.83. The monoisotopic (exact) mass is 289 g/mol. The molecule has 5 amide bonds. The van der Waals surface area contributed by atoms with Gasteiger partial charge in [-0.25, -0.2) is 9.59 Å². The molecule has 0 radical (unpaired) electrons. The molecule has 0 saturated carbocycles. The van der Waals surface area contributed by atoms with Crippen LogP contribution in [-0.4, -0.2) is 40.8 Å². The van der Waals surface area contributed by atoms with Gasteiger partial charge < -0.3 is 15.9 Å². The predicted molar refractivity (Wildman–Crippen MR) is 67.6 cm³/mol. The molecule has 0 bridgehead atoms. The lowest BCUT2D eigenvalue weighted by atomic mass is 9.77. The van der Waals surface area contributed by atoms with Crippen LogP contribution in [0.4, 0.5) is 9.59 Å². The number of nitrogens with one attached hydrogen (secondary N) is 2. The highest BCUT2D eigenvalue weighted by atomic mass is 16.4. The van der Waals surface area contributed by atoms with E-state index in [1.165, 1.54) is 0 Å². The Morgan fingerprint density at radius 1 is 1.20 bits per heavy atom. The number of imide groups is 2. The molecule has 6 N–H and O–H groups in total. The summed E-state index contributed by atoms with van der Waals surface area (Å²) in [4.78, 5) is 43.2. The van der Waals surface area contributed by atoms with Crippen LogP contribution in [0.5, 0.6) is 0 Å². The van der Waals surface area contributed by atoms with Crippen LogP contribution in [0.15, 0.2) is 0 Å². The molecule has 20 heavy (non-hydrogen) atoms. The quantitative estimate of drug-likeness (QED) is 0.430. The summed E-state index contributed by atoms with van der Waals surface area (Å²) in [7, 11) is 0. The molecule has 0 aromatic rings. The van der Waals surface area contributed by atoms with Gasteiger partial charge in [0.15, 0.2) is 0 Å². The number of carbonyl (C=O) groups excluding carboxylic acids is 3. The predicted octanol–water partition coefficient (Wildman–Crippen LogP) is -0.465. The molecule has 1 fully saturated rings. The number of hydrogen-bond acceptors (Lipinski definition) is 5. The first kappa shape index (κ1) is 17.8. The van der Waals surface area contributed by atoms with Crippen molar-refractivity contribution in [1.82, 2.24) is 10.6 Å². The molecule has 0 spiro atoms. The van der Waals surface area contributed by atoms with E-state index in [9.17, 15) is 14.4 Å². The van der Waals surface area contributed by atoms with Crippen molar-refractivity contribution in [2.45, 2.75) is 32.6 Å². The fourth-order valence-electron chi connectivity index (χ4n) is 1.83. The molecule has 1 rings (SSSR count). The summed E-state index contributed by atoms with van der Waals surface area (Å²) < 4.78 is 0. The van der Waals surface area contributed by atoms with Crippen molar-refractivity contribution >= 4 is 23.9 Å². The smallest absolute Gasteiger partial charge is 0.402 e. The van der Waals surface area contributed by atoms with Crippen molar-refractivity contribution in [3.05, 3.63) is 0 Å². The zero-order valence-corrected chi connectivity index (χ0v) is 11.1. The van der Waals surface area contributed by atoms with E-state index in [4.69, 9.17) is 15.0 Å². The molecule has 1 aliphatic rings. The summed E-state index contributed by atoms with van der Waals surface area (Å²) in [5, 5.41) is 20.3. The van der Waals surface area contributed by atoms with E-state index in [1.54, 1.807) is 0 Å². The number of aliphatic hydroxyl groups is 1. The van der Waals surface area contributed by atoms with E-state index in [0.717, 1.165) is 6.42 Å². The SMILES string of the molecule is CCCCC1(CCO)C(=O)NC(=O)NC1=O.NC(=O)O. The second kappa shape index (κ2) is 8.10. The Balaban J connectivity index is 0.000000796. The average molecular weight is 289 g/mol. The van der Waals surface area contributed by atoms with Crippen LogP contribution in [0, 0.1) is 5.41 Å². The number of unbranched alkanes of at least 4 members (excludes halogenated alkanes) is 1. The lowest BCUT2D eigenvalue weighted by molar-refractivity contribution is -0.146. The highest BCUT2D eigenvalue weighted by Crippen LogP contribution is 2.31. The van der Waals surface area contributed by atoms with Gasteiger partial charge in [0.2, 0.25) is 11.8 Å². The highest BCUT2D eigenvalue weighted by Gasteiger charge is 2.48. The molecular weight excluding hydrogens is 270 g/mol. The minimum absolute atomic E-state index is 0.0396. The number of carboxylic acid groups (broad SMARTS) is 1. The summed E-state index contributed by atoms with van der Waals surface area (Å²) in [5.41, 5.74) is 2.73. The topological polar surface area (TPSA) is 159 Å². The van der Waals surface area contributed by atoms with E-state index >= 15 is 0 Å². The Morgan fingerprint density at radius 2 is 1.65 bits per heavy atom. The Kier molecular flexibility index (Phi) is 7.22. The second-order valence-electron chi connectivity index (χ2n) is 4.23. The Hall–Kier alpha value is -2.16. The van der Waals surface area contributed by atoms with Crippen LogP contribution >= 0.6 is 0 Å². The van der Waals surface area contributed by atoms with Crippen LogP contribution in [0.2, 0.25) is 0 Å². The summed E-state index contributed by atoms with van der Waals surface area (Å²) in [5.74, 6) is -1.22. The molecule has 0 aromatic heterocycles. The third-order valence-electron chi connectivity index (χ3n) is 2.82. The molecule has 1 saturated heterocycles. The minimum atomic E-state index is -1.33. The van der Waals surface area contributed by atoms with Crippen molar-refractivity contribution in [2.24, 2.45) is 11.1 Å². The number of nitrogens with two attached hydrogens (primary N) is 1. The van der Waals surface area contributed by atoms with Crippen molar-refractivity contribution in [1.29, 1.82) is 0 Å². The number of primary amides is 1. The third kappa shape index (κ3) is 4.84. The van der Waals surface area contributed by atoms with Crippen molar-refractivity contribution in [2.75, 3.05) is 6.61 Å². The number of urea groups is 1. The number of rotatable bonds is 5. The highest BCUT2D eigenvalue weighted by molar-refractivity contribution is 6.19. The molecule has 0 aromatic carbocycles. The van der Waals surface area contributed by atoms with Crippen LogP contribution in [-0.2, 0) is 9.59 Å². The van der Waals surface area contributed by atoms with Crippen molar-refractivity contribution in [3.8, 4) is 0 Å². The van der Waals surface area contributed by atoms with Gasteiger partial charge in [0.05, 0.1) is 0 Å². The van der Waals surface area contributed by atoms with Gasteiger partial charge in [-0.1, -0.05) is 19.8 Å². The molecule has 1 aliphatic heterocycles. The zero-order chi connectivity index (χ0) is 15.8. The lowest BCUT2D eigenvalue weighted by Gasteiger charge is -2.33. The van der Waals surface area contributed by atoms with E-state index in [-0.39, 0.29) is 13.0 Å². The molecule has 0 atom stereocenters. The summed E-state index contributed by atoms with van der Waals surface area (Å²) in [6.45, 7) is 1.68. The number of aliphatic hydroxyl groups excluding tert-OH is 1. The molecule has 0 aliphatic carbocycles. The second-order valence-corrected chi connectivity index (χ2v) is 4.23. The standard InChI is InChI=1S/C10H16N2O4.CH3NO2/c1-2-3-4-10(5-6-13)7(14)11-9(16)12-8(10)15;2-1(3)4/h13H,2-6H2,1H3,(H2,11,12,14,15,16);2H2,(H,3,4). The van der Waals surface area contributed by atoms with Gasteiger partial charge in [0.25, 0.3) is 0 Å². The van der Waals surface area contributed by atoms with Gasteiger partial charge in [0.1, 0.15) is 5.41 Å². The number of carbonyl (C=O) groups is 4. The number of amides is 5. The first-order valence-corrected chi connectivity index (χ1v) is 6.06. The van der Waals surface area contributed by atoms with Crippen LogP contribution in [0.3, 0.4) is 0 Å². The minimum Gasteiger partial charge on any atom is -0.465 e. The van der Waals surface area contributed by atoms with E-state index in [0.29, 0.717) is 12.8 Å². The Labute approximate surface area is 115 Å². The summed E-state index contributed by atoms with van der Waals surface area (Å²) in [6, 6.07) is -0.792. The molecule has 1 heterocycles. The Morgan fingerprint density at radius 3 is 2.00 bits per heavy atom. The normalized spacial score (nSPS) is 16.6. The third-order valence-corrected chi connectivity index (χ3v) is 2.82. The van der Waals surface area contributed by atoms with Gasteiger partial charge in [-0.3, -0.25) is 20.2 Å². The summed E-state index contributed by atoms with van der Waals surface area (Å²) in [6.07, 6.45) is 0.573. The molecular formula is C11H19N3O6. The molecule has 114 valence electrons. The van der Waals surface area contributed by atoms with Crippen LogP contribution in [0.25, 0.3) is 0 Å². The molecule has 0 unspecified atom stereocenters. The first-order valence-electron chi connectivity index (χ1n) is 6.06. The Bertz CT molecular complexity index is 372. The van der Waals surface area contributed by atoms with E-state index in [1.807, 2.05) is 6.92 Å². The molecule has 9 nitrogen and oxygen atoms in total. The zero-order valence-electron chi connectivity index (χ0n) is 11.1. The summed E-state index contributed by atoms with van der Waals surface area (Å²) >= 11 is 0. The van der Waals surface area contributed by atoms with Crippen LogP contribution < -0.4 is 16.4 Å². The van der Waals surface area contributed by atoms with Gasteiger partial charge in [-0.2, -0.15) is 0 Å². The molecule has 9 heteroatoms. The number of barbiturate groups is 1. The van der Waals surface area contributed by atoms with Crippen LogP contribution in [0.1, 0.15) is 32.6 Å². The van der Waals surface area contributed by atoms with Gasteiger partial charge in [-0.15, -0.1) is 0 Å². The lowest BCUT2D eigenvalue weighted by Crippen LogP contribution is -2.62. The average Bonchev–Trinajstić information content (AvgIpc) is 2.31. The maximum atomic E-state index is 11.7. The van der Waals surface area contributed by atoms with Gasteiger partial charge >= 0.3 is 12.1 Å². The van der Waals surface area contributed by atoms with Gasteiger partial charge in [-0.05, 0) is 12.8 Å².